The van der Waals surface area contributed by atoms with Gasteiger partial charge in [0, 0.05) is 6.54 Å². The maximum Gasteiger partial charge on any atom is 0.123 e. The van der Waals surface area contributed by atoms with Crippen LogP contribution < -0.4 is 10.1 Å². The summed E-state index contributed by atoms with van der Waals surface area (Å²) in [5.74, 6) is 1.52. The van der Waals surface area contributed by atoms with Gasteiger partial charge in [0.15, 0.2) is 0 Å². The summed E-state index contributed by atoms with van der Waals surface area (Å²) < 4.78 is 18.6. The molecular formula is C18H20FNO. The van der Waals surface area contributed by atoms with Gasteiger partial charge in [-0.3, -0.25) is 0 Å². The lowest BCUT2D eigenvalue weighted by Crippen LogP contribution is -2.16. The van der Waals surface area contributed by atoms with Crippen molar-refractivity contribution in [3.63, 3.8) is 0 Å². The molecule has 0 saturated heterocycles. The van der Waals surface area contributed by atoms with Gasteiger partial charge in [0.05, 0.1) is 0 Å². The zero-order valence-electron chi connectivity index (χ0n) is 12.0. The van der Waals surface area contributed by atoms with Gasteiger partial charge in [0.2, 0.25) is 0 Å². The number of hydrogen-bond donors (Lipinski definition) is 1. The van der Waals surface area contributed by atoms with E-state index in [1.54, 1.807) is 12.1 Å². The van der Waals surface area contributed by atoms with E-state index < -0.39 is 0 Å². The molecule has 0 bridgehead atoms. The molecule has 0 atom stereocenters. The van der Waals surface area contributed by atoms with E-state index in [1.165, 1.54) is 30.5 Å². The summed E-state index contributed by atoms with van der Waals surface area (Å²) in [6.45, 7) is 2.45. The molecule has 110 valence electrons. The maximum atomic E-state index is 12.8. The van der Waals surface area contributed by atoms with Crippen molar-refractivity contribution >= 4 is 0 Å². The quantitative estimate of drug-likeness (QED) is 0.833. The first-order valence-corrected chi connectivity index (χ1v) is 7.46. The van der Waals surface area contributed by atoms with Crippen molar-refractivity contribution in [1.82, 2.24) is 5.32 Å². The van der Waals surface area contributed by atoms with E-state index in [2.05, 4.69) is 17.4 Å². The summed E-state index contributed by atoms with van der Waals surface area (Å²) in [7, 11) is 0. The molecule has 0 radical (unpaired) electrons. The van der Waals surface area contributed by atoms with Crippen LogP contribution >= 0.6 is 0 Å². The molecule has 0 amide bonds. The highest BCUT2D eigenvalue weighted by Gasteiger charge is 2.20. The van der Waals surface area contributed by atoms with Crippen molar-refractivity contribution in [3.05, 3.63) is 65.5 Å². The Bertz CT molecular complexity index is 578. The van der Waals surface area contributed by atoms with Crippen molar-refractivity contribution in [1.29, 1.82) is 0 Å². The predicted octanol–water partition coefficient (Wildman–Crippen LogP) is 3.90. The van der Waals surface area contributed by atoms with E-state index >= 15 is 0 Å². The van der Waals surface area contributed by atoms with Crippen LogP contribution in [0.3, 0.4) is 0 Å². The third-order valence-electron chi connectivity index (χ3n) is 3.68. The van der Waals surface area contributed by atoms with Gasteiger partial charge >= 0.3 is 0 Å². The molecule has 1 fully saturated rings. The second-order valence-electron chi connectivity index (χ2n) is 5.64. The molecule has 3 heteroatoms. The fraction of sp³-hybridized carbons (Fsp3) is 0.333. The van der Waals surface area contributed by atoms with Crippen molar-refractivity contribution in [3.8, 4) is 5.75 Å². The minimum absolute atomic E-state index is 0.220. The Balaban J connectivity index is 1.51. The average molecular weight is 285 g/mol. The third kappa shape index (κ3) is 4.57. The lowest BCUT2D eigenvalue weighted by molar-refractivity contribution is 0.305. The summed E-state index contributed by atoms with van der Waals surface area (Å²) in [4.78, 5) is 0. The smallest absolute Gasteiger partial charge is 0.123 e. The van der Waals surface area contributed by atoms with Crippen LogP contribution in [0.2, 0.25) is 0 Å². The van der Waals surface area contributed by atoms with Crippen LogP contribution in [0.1, 0.15) is 24.0 Å². The van der Waals surface area contributed by atoms with Crippen LogP contribution in [-0.4, -0.2) is 6.54 Å². The minimum atomic E-state index is -0.220. The topological polar surface area (TPSA) is 21.3 Å². The Morgan fingerprint density at radius 1 is 1.05 bits per heavy atom. The van der Waals surface area contributed by atoms with Crippen LogP contribution in [-0.2, 0) is 13.2 Å². The average Bonchev–Trinajstić information content (AvgIpc) is 3.31. The zero-order chi connectivity index (χ0) is 14.5. The van der Waals surface area contributed by atoms with Gasteiger partial charge < -0.3 is 10.1 Å². The van der Waals surface area contributed by atoms with Crippen LogP contribution in [0.25, 0.3) is 0 Å². The second-order valence-corrected chi connectivity index (χ2v) is 5.64. The van der Waals surface area contributed by atoms with Gasteiger partial charge in [0.1, 0.15) is 18.2 Å². The number of rotatable bonds is 7. The molecule has 2 aromatic carbocycles. The molecule has 3 rings (SSSR count). The Hall–Kier alpha value is -1.87. The number of hydrogen-bond acceptors (Lipinski definition) is 2. The van der Waals surface area contributed by atoms with Crippen molar-refractivity contribution in [2.24, 2.45) is 5.92 Å². The number of benzene rings is 2. The number of halogens is 1. The molecule has 0 aliphatic heterocycles. The highest BCUT2D eigenvalue weighted by Crippen LogP contribution is 2.27. The number of ether oxygens (including phenoxy) is 1. The van der Waals surface area contributed by atoms with Crippen LogP contribution in [0, 0.1) is 11.7 Å². The van der Waals surface area contributed by atoms with E-state index in [9.17, 15) is 4.39 Å². The molecule has 1 aliphatic rings. The van der Waals surface area contributed by atoms with Crippen LogP contribution in [0.4, 0.5) is 4.39 Å². The normalized spacial score (nSPS) is 14.1. The van der Waals surface area contributed by atoms with E-state index in [-0.39, 0.29) is 5.82 Å². The zero-order valence-corrected chi connectivity index (χ0v) is 12.0. The van der Waals surface area contributed by atoms with E-state index in [0.29, 0.717) is 6.61 Å². The molecule has 1 aliphatic carbocycles. The maximum absolute atomic E-state index is 12.8. The van der Waals surface area contributed by atoms with Crippen molar-refractivity contribution < 1.29 is 9.13 Å². The van der Waals surface area contributed by atoms with Gasteiger partial charge in [-0.25, -0.2) is 4.39 Å². The molecular weight excluding hydrogens is 265 g/mol. The highest BCUT2D eigenvalue weighted by atomic mass is 19.1. The summed E-state index contributed by atoms with van der Waals surface area (Å²) in [6, 6.07) is 14.5. The Morgan fingerprint density at radius 2 is 1.86 bits per heavy atom. The van der Waals surface area contributed by atoms with Gasteiger partial charge in [-0.1, -0.05) is 24.3 Å². The largest absolute Gasteiger partial charge is 0.489 e. The second kappa shape index (κ2) is 6.72. The van der Waals surface area contributed by atoms with Gasteiger partial charge in [0.25, 0.3) is 0 Å². The molecule has 2 aromatic rings. The summed E-state index contributed by atoms with van der Waals surface area (Å²) >= 11 is 0. The first-order valence-electron chi connectivity index (χ1n) is 7.46. The van der Waals surface area contributed by atoms with E-state index in [0.717, 1.165) is 30.3 Å². The van der Waals surface area contributed by atoms with Crippen LogP contribution in [0.5, 0.6) is 5.75 Å². The molecule has 21 heavy (non-hydrogen) atoms. The Morgan fingerprint density at radius 3 is 2.62 bits per heavy atom. The van der Waals surface area contributed by atoms with Crippen molar-refractivity contribution in [2.75, 3.05) is 6.54 Å². The summed E-state index contributed by atoms with van der Waals surface area (Å²) in [5, 5.41) is 3.47. The molecule has 0 heterocycles. The highest BCUT2D eigenvalue weighted by molar-refractivity contribution is 5.29. The first kappa shape index (κ1) is 14.1. The SMILES string of the molecule is Fc1ccc(COc2cccc(CNCC3CC3)c2)cc1. The monoisotopic (exact) mass is 285 g/mol. The van der Waals surface area contributed by atoms with E-state index in [4.69, 9.17) is 4.74 Å². The molecule has 0 aromatic heterocycles. The first-order chi connectivity index (χ1) is 10.3. The Labute approximate surface area is 125 Å². The molecule has 1 N–H and O–H groups in total. The fourth-order valence-corrected chi connectivity index (χ4v) is 2.24. The summed E-state index contributed by atoms with van der Waals surface area (Å²) in [5.41, 5.74) is 2.20. The molecule has 0 spiro atoms. The van der Waals surface area contributed by atoms with E-state index in [1.807, 2.05) is 12.1 Å². The molecule has 2 nitrogen and oxygen atoms in total. The minimum Gasteiger partial charge on any atom is -0.489 e. The standard InChI is InChI=1S/C18H20FNO/c19-17-8-6-15(7-9-17)13-21-18-3-1-2-16(10-18)12-20-11-14-4-5-14/h1-3,6-10,14,20H,4-5,11-13H2. The Kier molecular flexibility index (Phi) is 4.51. The van der Waals surface area contributed by atoms with Crippen molar-refractivity contribution in [2.45, 2.75) is 26.0 Å². The molecule has 1 saturated carbocycles. The van der Waals surface area contributed by atoms with Gasteiger partial charge in [-0.05, 0) is 60.7 Å². The lowest BCUT2D eigenvalue weighted by atomic mass is 10.2. The molecule has 0 unspecified atom stereocenters. The summed E-state index contributed by atoms with van der Waals surface area (Å²) in [6.07, 6.45) is 2.74. The number of nitrogens with one attached hydrogen (secondary N) is 1. The lowest BCUT2D eigenvalue weighted by Gasteiger charge is -2.09. The van der Waals surface area contributed by atoms with Crippen LogP contribution in [0.15, 0.2) is 48.5 Å². The van der Waals surface area contributed by atoms with Gasteiger partial charge in [-0.2, -0.15) is 0 Å². The predicted molar refractivity (Wildman–Crippen MR) is 81.6 cm³/mol. The fourth-order valence-electron chi connectivity index (χ4n) is 2.24. The van der Waals surface area contributed by atoms with Gasteiger partial charge in [-0.15, -0.1) is 0 Å². The third-order valence-corrected chi connectivity index (χ3v) is 3.68.